The molecule has 1 aliphatic rings. The summed E-state index contributed by atoms with van der Waals surface area (Å²) in [4.78, 5) is 43.2. The lowest BCUT2D eigenvalue weighted by molar-refractivity contribution is -0.142. The van der Waals surface area contributed by atoms with Crippen molar-refractivity contribution in [1.29, 1.82) is 0 Å². The van der Waals surface area contributed by atoms with Crippen LogP contribution in [0.4, 0.5) is 0 Å². The first-order valence-electron chi connectivity index (χ1n) is 10.8. The van der Waals surface area contributed by atoms with Gasteiger partial charge in [-0.1, -0.05) is 0 Å². The SMILES string of the molecule is Cc1c(C)c2c(c(C)c1O)CC[C@@](C)(C(=O)NCCC(=O)N[C@@H](Cc1cnc[nH]1)C(=O)O)O2. The fourth-order valence-corrected chi connectivity index (χ4v) is 3.97. The van der Waals surface area contributed by atoms with Crippen LogP contribution in [0, 0.1) is 20.8 Å². The van der Waals surface area contributed by atoms with Crippen LogP contribution in [0.1, 0.15) is 47.7 Å². The number of hydrogen-bond donors (Lipinski definition) is 5. The van der Waals surface area contributed by atoms with Gasteiger partial charge in [-0.25, -0.2) is 9.78 Å². The zero-order valence-corrected chi connectivity index (χ0v) is 19.2. The van der Waals surface area contributed by atoms with Gasteiger partial charge in [0, 0.05) is 43.3 Å². The Hall–Kier alpha value is -3.56. The van der Waals surface area contributed by atoms with E-state index in [0.717, 1.165) is 22.3 Å². The molecule has 1 aliphatic heterocycles. The van der Waals surface area contributed by atoms with E-state index in [9.17, 15) is 24.6 Å². The highest BCUT2D eigenvalue weighted by Gasteiger charge is 2.40. The molecule has 0 aliphatic carbocycles. The summed E-state index contributed by atoms with van der Waals surface area (Å²) in [7, 11) is 0. The number of rotatable bonds is 8. The number of benzene rings is 1. The average Bonchev–Trinajstić information content (AvgIpc) is 3.28. The number of phenols is 1. The Bertz CT molecular complexity index is 1070. The van der Waals surface area contributed by atoms with Crippen LogP contribution in [-0.2, 0) is 27.2 Å². The Morgan fingerprint density at radius 2 is 1.97 bits per heavy atom. The standard InChI is InChI=1S/C23H30N4O6/c1-12-13(2)20-16(14(3)19(12)29)5-7-23(4,33-20)22(32)25-8-6-18(28)27-17(21(30)31)9-15-10-24-11-26-15/h10-11,17,29H,5-9H2,1-4H3,(H,24,26)(H,25,32)(H,27,28)(H,30,31)/t17-,23-/m0/s1. The van der Waals surface area contributed by atoms with E-state index in [1.807, 2.05) is 20.8 Å². The molecule has 0 fully saturated rings. The zero-order chi connectivity index (χ0) is 24.3. The van der Waals surface area contributed by atoms with E-state index in [4.69, 9.17) is 4.74 Å². The van der Waals surface area contributed by atoms with Crippen molar-refractivity contribution in [2.24, 2.45) is 0 Å². The minimum atomic E-state index is -1.16. The van der Waals surface area contributed by atoms with Crippen LogP contribution in [0.2, 0.25) is 0 Å². The van der Waals surface area contributed by atoms with Crippen LogP contribution in [0.5, 0.6) is 11.5 Å². The van der Waals surface area contributed by atoms with Crippen molar-refractivity contribution in [1.82, 2.24) is 20.6 Å². The number of ether oxygens (including phenoxy) is 1. The van der Waals surface area contributed by atoms with Gasteiger partial charge in [0.1, 0.15) is 17.5 Å². The molecule has 0 saturated heterocycles. The van der Waals surface area contributed by atoms with Crippen molar-refractivity contribution < 1.29 is 29.3 Å². The second kappa shape index (κ2) is 9.51. The van der Waals surface area contributed by atoms with Crippen molar-refractivity contribution in [2.75, 3.05) is 6.54 Å². The van der Waals surface area contributed by atoms with Gasteiger partial charge in [0.2, 0.25) is 5.91 Å². The molecule has 0 radical (unpaired) electrons. The van der Waals surface area contributed by atoms with E-state index in [1.165, 1.54) is 12.5 Å². The van der Waals surface area contributed by atoms with Gasteiger partial charge in [-0.15, -0.1) is 0 Å². The highest BCUT2D eigenvalue weighted by Crippen LogP contribution is 2.43. The van der Waals surface area contributed by atoms with Crippen LogP contribution in [0.15, 0.2) is 12.5 Å². The molecule has 2 amide bonds. The van der Waals surface area contributed by atoms with Crippen LogP contribution < -0.4 is 15.4 Å². The first kappa shape index (κ1) is 24.1. The van der Waals surface area contributed by atoms with Crippen molar-refractivity contribution >= 4 is 17.8 Å². The second-order valence-electron chi connectivity index (χ2n) is 8.61. The number of amides is 2. The third kappa shape index (κ3) is 5.10. The van der Waals surface area contributed by atoms with Gasteiger partial charge in [-0.3, -0.25) is 9.59 Å². The molecule has 5 N–H and O–H groups in total. The number of carboxylic acid groups (broad SMARTS) is 1. The Labute approximate surface area is 191 Å². The number of phenolic OH excluding ortho intramolecular Hbond substituents is 1. The summed E-state index contributed by atoms with van der Waals surface area (Å²) in [5.74, 6) is -1.12. The first-order valence-corrected chi connectivity index (χ1v) is 10.8. The van der Waals surface area contributed by atoms with Crippen LogP contribution in [0.25, 0.3) is 0 Å². The van der Waals surface area contributed by atoms with Gasteiger partial charge in [0.25, 0.3) is 5.91 Å². The topological polar surface area (TPSA) is 154 Å². The quantitative estimate of drug-likeness (QED) is 0.401. The monoisotopic (exact) mass is 458 g/mol. The fourth-order valence-electron chi connectivity index (χ4n) is 3.97. The molecule has 2 atom stereocenters. The molecule has 33 heavy (non-hydrogen) atoms. The van der Waals surface area contributed by atoms with Crippen LogP contribution in [-0.4, -0.2) is 56.2 Å². The molecule has 0 saturated carbocycles. The number of carbonyl (C=O) groups excluding carboxylic acids is 2. The number of aromatic hydroxyl groups is 1. The average molecular weight is 459 g/mol. The largest absolute Gasteiger partial charge is 0.507 e. The van der Waals surface area contributed by atoms with E-state index in [0.29, 0.717) is 24.3 Å². The third-order valence-corrected chi connectivity index (χ3v) is 6.25. The number of carboxylic acids is 1. The predicted molar refractivity (Wildman–Crippen MR) is 119 cm³/mol. The minimum Gasteiger partial charge on any atom is -0.507 e. The molecule has 2 aromatic rings. The maximum atomic E-state index is 12.9. The Kier molecular flexibility index (Phi) is 6.95. The summed E-state index contributed by atoms with van der Waals surface area (Å²) in [5.41, 5.74) is 2.65. The minimum absolute atomic E-state index is 0.0412. The predicted octanol–water partition coefficient (Wildman–Crippen LogP) is 1.44. The maximum absolute atomic E-state index is 12.9. The summed E-state index contributed by atoms with van der Waals surface area (Å²) in [6.07, 6.45) is 3.94. The summed E-state index contributed by atoms with van der Waals surface area (Å²) < 4.78 is 6.13. The third-order valence-electron chi connectivity index (χ3n) is 6.25. The molecule has 0 unspecified atom stereocenters. The summed E-state index contributed by atoms with van der Waals surface area (Å²) in [5, 5.41) is 24.8. The number of imidazole rings is 1. The Morgan fingerprint density at radius 3 is 2.61 bits per heavy atom. The number of carbonyl (C=O) groups is 3. The molecular weight excluding hydrogens is 428 g/mol. The van der Waals surface area contributed by atoms with Crippen molar-refractivity contribution in [3.8, 4) is 11.5 Å². The first-order chi connectivity index (χ1) is 15.5. The highest BCUT2D eigenvalue weighted by atomic mass is 16.5. The zero-order valence-electron chi connectivity index (χ0n) is 19.2. The molecule has 3 rings (SSSR count). The molecule has 10 heteroatoms. The maximum Gasteiger partial charge on any atom is 0.326 e. The normalized spacial score (nSPS) is 18.1. The number of hydrogen-bond acceptors (Lipinski definition) is 6. The van der Waals surface area contributed by atoms with E-state index in [2.05, 4.69) is 20.6 Å². The van der Waals surface area contributed by atoms with Gasteiger partial charge >= 0.3 is 5.97 Å². The van der Waals surface area contributed by atoms with Gasteiger partial charge in [-0.2, -0.15) is 0 Å². The van der Waals surface area contributed by atoms with E-state index >= 15 is 0 Å². The number of aliphatic carboxylic acids is 1. The van der Waals surface area contributed by atoms with Crippen molar-refractivity contribution in [3.05, 3.63) is 40.5 Å². The highest BCUT2D eigenvalue weighted by molar-refractivity contribution is 5.87. The van der Waals surface area contributed by atoms with Crippen molar-refractivity contribution in [3.63, 3.8) is 0 Å². The molecule has 1 aromatic heterocycles. The van der Waals surface area contributed by atoms with E-state index < -0.39 is 23.5 Å². The second-order valence-corrected chi connectivity index (χ2v) is 8.61. The molecule has 2 heterocycles. The molecule has 10 nitrogen and oxygen atoms in total. The molecule has 0 bridgehead atoms. The lowest BCUT2D eigenvalue weighted by atomic mass is 9.86. The summed E-state index contributed by atoms with van der Waals surface area (Å²) >= 11 is 0. The lowest BCUT2D eigenvalue weighted by Crippen LogP contribution is -2.51. The molecule has 178 valence electrons. The fraction of sp³-hybridized carbons (Fsp3) is 0.478. The van der Waals surface area contributed by atoms with Gasteiger partial charge in [-0.05, 0) is 50.8 Å². The number of aromatic nitrogens is 2. The Morgan fingerprint density at radius 1 is 1.24 bits per heavy atom. The number of aromatic amines is 1. The van der Waals surface area contributed by atoms with Crippen LogP contribution >= 0.6 is 0 Å². The van der Waals surface area contributed by atoms with Crippen molar-refractivity contribution in [2.45, 2.75) is 65.0 Å². The van der Waals surface area contributed by atoms with E-state index in [-0.39, 0.29) is 31.0 Å². The van der Waals surface area contributed by atoms with E-state index in [1.54, 1.807) is 6.92 Å². The molecular formula is C23H30N4O6. The number of H-pyrrole nitrogens is 1. The lowest BCUT2D eigenvalue weighted by Gasteiger charge is -2.36. The number of nitrogens with zero attached hydrogens (tertiary/aromatic N) is 1. The molecule has 1 aromatic carbocycles. The Balaban J connectivity index is 1.56. The van der Waals surface area contributed by atoms with Gasteiger partial charge in [0.05, 0.1) is 6.33 Å². The molecule has 0 spiro atoms. The number of fused-ring (bicyclic) bond motifs is 1. The summed E-state index contributed by atoms with van der Waals surface area (Å²) in [6, 6.07) is -1.10. The smallest absolute Gasteiger partial charge is 0.326 e. The van der Waals surface area contributed by atoms with Gasteiger partial charge < -0.3 is 30.6 Å². The number of nitrogens with one attached hydrogen (secondary N) is 3. The summed E-state index contributed by atoms with van der Waals surface area (Å²) in [6.45, 7) is 7.24. The van der Waals surface area contributed by atoms with Gasteiger partial charge in [0.15, 0.2) is 5.60 Å². The van der Waals surface area contributed by atoms with Crippen LogP contribution in [0.3, 0.4) is 0 Å².